The average molecular weight is 264 g/mol. The number of nitrogens with zero attached hydrogens (tertiary/aromatic N) is 4. The lowest BCUT2D eigenvalue weighted by atomic mass is 10.3. The van der Waals surface area contributed by atoms with E-state index < -0.39 is 0 Å². The first kappa shape index (κ1) is 15.4. The zero-order valence-corrected chi connectivity index (χ0v) is 12.4. The lowest BCUT2D eigenvalue weighted by molar-refractivity contribution is 0.0787. The minimum Gasteiger partial charge on any atom is -0.357 e. The topological polar surface area (TPSA) is 49.3 Å². The minimum absolute atomic E-state index is 0.0377. The molecule has 0 saturated heterocycles. The van der Waals surface area contributed by atoms with E-state index in [1.54, 1.807) is 11.0 Å². The Balaban J connectivity index is 2.83. The summed E-state index contributed by atoms with van der Waals surface area (Å²) in [6.07, 6.45) is 3.55. The fourth-order valence-electron chi connectivity index (χ4n) is 1.88. The number of carbonyl (C=O) groups excluding carboxylic acids is 1. The SMILES string of the molecule is CCCCN(C)C(=O)c1cc(N(CC)CC)ncn1. The largest absolute Gasteiger partial charge is 0.357 e. The summed E-state index contributed by atoms with van der Waals surface area (Å²) in [5, 5.41) is 0. The normalized spacial score (nSPS) is 10.3. The summed E-state index contributed by atoms with van der Waals surface area (Å²) >= 11 is 0. The van der Waals surface area contributed by atoms with Crippen molar-refractivity contribution in [2.45, 2.75) is 33.6 Å². The molecule has 0 fully saturated rings. The van der Waals surface area contributed by atoms with Gasteiger partial charge in [0, 0.05) is 32.7 Å². The summed E-state index contributed by atoms with van der Waals surface area (Å²) in [6, 6.07) is 1.78. The van der Waals surface area contributed by atoms with Gasteiger partial charge in [0.1, 0.15) is 17.8 Å². The van der Waals surface area contributed by atoms with Crippen molar-refractivity contribution in [3.8, 4) is 0 Å². The summed E-state index contributed by atoms with van der Waals surface area (Å²) in [5.74, 6) is 0.775. The van der Waals surface area contributed by atoms with Gasteiger partial charge in [0.2, 0.25) is 0 Å². The smallest absolute Gasteiger partial charge is 0.272 e. The van der Waals surface area contributed by atoms with Crippen molar-refractivity contribution in [3.63, 3.8) is 0 Å². The van der Waals surface area contributed by atoms with E-state index in [2.05, 4.69) is 35.6 Å². The zero-order valence-electron chi connectivity index (χ0n) is 12.4. The van der Waals surface area contributed by atoms with E-state index in [-0.39, 0.29) is 5.91 Å². The van der Waals surface area contributed by atoms with Crippen LogP contribution in [0.5, 0.6) is 0 Å². The monoisotopic (exact) mass is 264 g/mol. The quantitative estimate of drug-likeness (QED) is 0.757. The molecular formula is C14H24N4O. The highest BCUT2D eigenvalue weighted by molar-refractivity contribution is 5.92. The van der Waals surface area contributed by atoms with E-state index in [1.807, 2.05) is 7.05 Å². The molecule has 5 heteroatoms. The number of aromatic nitrogens is 2. The Kier molecular flexibility index (Phi) is 6.25. The van der Waals surface area contributed by atoms with Crippen LogP contribution < -0.4 is 4.90 Å². The first-order valence-corrected chi connectivity index (χ1v) is 6.96. The van der Waals surface area contributed by atoms with Crippen LogP contribution >= 0.6 is 0 Å². The van der Waals surface area contributed by atoms with Crippen molar-refractivity contribution >= 4 is 11.7 Å². The Labute approximate surface area is 115 Å². The fraction of sp³-hybridized carbons (Fsp3) is 0.643. The van der Waals surface area contributed by atoms with Gasteiger partial charge in [-0.25, -0.2) is 9.97 Å². The van der Waals surface area contributed by atoms with Gasteiger partial charge in [-0.1, -0.05) is 13.3 Å². The van der Waals surface area contributed by atoms with Crippen LogP contribution in [-0.4, -0.2) is 47.5 Å². The van der Waals surface area contributed by atoms with E-state index in [4.69, 9.17) is 0 Å². The molecule has 0 aliphatic rings. The first-order chi connectivity index (χ1) is 9.13. The number of carbonyl (C=O) groups is 1. The van der Waals surface area contributed by atoms with Gasteiger partial charge in [-0.2, -0.15) is 0 Å². The van der Waals surface area contributed by atoms with Gasteiger partial charge in [-0.05, 0) is 20.3 Å². The van der Waals surface area contributed by atoms with Crippen LogP contribution in [0.15, 0.2) is 12.4 Å². The second kappa shape index (κ2) is 7.71. The molecule has 1 amide bonds. The molecular weight excluding hydrogens is 240 g/mol. The summed E-state index contributed by atoms with van der Waals surface area (Å²) in [7, 11) is 1.82. The fourth-order valence-corrected chi connectivity index (χ4v) is 1.88. The summed E-state index contributed by atoms with van der Waals surface area (Å²) in [5.41, 5.74) is 0.468. The van der Waals surface area contributed by atoms with Crippen molar-refractivity contribution in [3.05, 3.63) is 18.1 Å². The number of hydrogen-bond acceptors (Lipinski definition) is 4. The van der Waals surface area contributed by atoms with Crippen molar-refractivity contribution in [1.82, 2.24) is 14.9 Å². The third-order valence-corrected chi connectivity index (χ3v) is 3.15. The van der Waals surface area contributed by atoms with Crippen LogP contribution in [0.4, 0.5) is 5.82 Å². The second-order valence-electron chi connectivity index (χ2n) is 4.51. The molecule has 0 spiro atoms. The van der Waals surface area contributed by atoms with E-state index in [0.29, 0.717) is 5.69 Å². The number of hydrogen-bond donors (Lipinski definition) is 0. The molecule has 5 nitrogen and oxygen atoms in total. The van der Waals surface area contributed by atoms with Crippen molar-refractivity contribution < 1.29 is 4.79 Å². The van der Waals surface area contributed by atoms with Gasteiger partial charge in [0.25, 0.3) is 5.91 Å². The highest BCUT2D eigenvalue weighted by atomic mass is 16.2. The third-order valence-electron chi connectivity index (χ3n) is 3.15. The number of unbranched alkanes of at least 4 members (excludes halogenated alkanes) is 1. The van der Waals surface area contributed by atoms with E-state index in [9.17, 15) is 4.79 Å². The predicted molar refractivity (Wildman–Crippen MR) is 77.5 cm³/mol. The molecule has 1 heterocycles. The van der Waals surface area contributed by atoms with Crippen molar-refractivity contribution in [1.29, 1.82) is 0 Å². The molecule has 106 valence electrons. The summed E-state index contributed by atoms with van der Waals surface area (Å²) < 4.78 is 0. The molecule has 0 aromatic carbocycles. The molecule has 19 heavy (non-hydrogen) atoms. The number of anilines is 1. The molecule has 0 radical (unpaired) electrons. The highest BCUT2D eigenvalue weighted by Gasteiger charge is 2.14. The van der Waals surface area contributed by atoms with Gasteiger partial charge >= 0.3 is 0 Å². The lowest BCUT2D eigenvalue weighted by Gasteiger charge is -2.21. The highest BCUT2D eigenvalue weighted by Crippen LogP contribution is 2.11. The Morgan fingerprint density at radius 2 is 1.89 bits per heavy atom. The Morgan fingerprint density at radius 3 is 2.47 bits per heavy atom. The minimum atomic E-state index is -0.0377. The van der Waals surface area contributed by atoms with Crippen LogP contribution in [0.3, 0.4) is 0 Å². The lowest BCUT2D eigenvalue weighted by Crippen LogP contribution is -2.29. The Morgan fingerprint density at radius 1 is 1.21 bits per heavy atom. The van der Waals surface area contributed by atoms with Crippen LogP contribution in [0.25, 0.3) is 0 Å². The Bertz CT molecular complexity index is 404. The second-order valence-corrected chi connectivity index (χ2v) is 4.51. The first-order valence-electron chi connectivity index (χ1n) is 6.96. The van der Waals surface area contributed by atoms with Crippen molar-refractivity contribution in [2.24, 2.45) is 0 Å². The molecule has 0 N–H and O–H groups in total. The van der Waals surface area contributed by atoms with E-state index >= 15 is 0 Å². The molecule has 0 unspecified atom stereocenters. The van der Waals surface area contributed by atoms with Gasteiger partial charge in [-0.3, -0.25) is 4.79 Å². The average Bonchev–Trinajstić information content (AvgIpc) is 2.45. The number of amides is 1. The maximum absolute atomic E-state index is 12.2. The van der Waals surface area contributed by atoms with E-state index in [0.717, 1.165) is 38.3 Å². The maximum Gasteiger partial charge on any atom is 0.272 e. The van der Waals surface area contributed by atoms with Gasteiger partial charge < -0.3 is 9.80 Å². The summed E-state index contributed by atoms with van der Waals surface area (Å²) in [6.45, 7) is 8.75. The maximum atomic E-state index is 12.2. The molecule has 0 saturated carbocycles. The van der Waals surface area contributed by atoms with Gasteiger partial charge in [-0.15, -0.1) is 0 Å². The van der Waals surface area contributed by atoms with Crippen LogP contribution in [0, 0.1) is 0 Å². The molecule has 1 aromatic rings. The van der Waals surface area contributed by atoms with Crippen LogP contribution in [-0.2, 0) is 0 Å². The zero-order chi connectivity index (χ0) is 14.3. The van der Waals surface area contributed by atoms with Crippen LogP contribution in [0.2, 0.25) is 0 Å². The molecule has 0 aliphatic carbocycles. The molecule has 1 rings (SSSR count). The summed E-state index contributed by atoms with van der Waals surface area (Å²) in [4.78, 5) is 24.4. The Hall–Kier alpha value is -1.65. The van der Waals surface area contributed by atoms with Crippen LogP contribution in [0.1, 0.15) is 44.1 Å². The molecule has 1 aromatic heterocycles. The number of rotatable bonds is 7. The van der Waals surface area contributed by atoms with E-state index in [1.165, 1.54) is 6.33 Å². The van der Waals surface area contributed by atoms with Gasteiger partial charge in [0.05, 0.1) is 0 Å². The van der Waals surface area contributed by atoms with Crippen molar-refractivity contribution in [2.75, 3.05) is 31.6 Å². The van der Waals surface area contributed by atoms with Gasteiger partial charge in [0.15, 0.2) is 0 Å². The standard InChI is InChI=1S/C14H24N4O/c1-5-8-9-17(4)14(19)12-10-13(16-11-15-12)18(6-2)7-3/h10-11H,5-9H2,1-4H3. The molecule has 0 aliphatic heterocycles. The molecule has 0 atom stereocenters. The third kappa shape index (κ3) is 4.19. The molecule has 0 bridgehead atoms. The predicted octanol–water partition coefficient (Wildman–Crippen LogP) is 2.19.